The van der Waals surface area contributed by atoms with Gasteiger partial charge in [-0.05, 0) is 61.0 Å². The fraction of sp³-hybridized carbons (Fsp3) is 0.120. The number of anilines is 1. The second-order valence-electron chi connectivity index (χ2n) is 7.69. The Bertz CT molecular complexity index is 1360. The predicted molar refractivity (Wildman–Crippen MR) is 128 cm³/mol. The quantitative estimate of drug-likeness (QED) is 0.484. The molecule has 4 rings (SSSR count). The van der Waals surface area contributed by atoms with Crippen molar-refractivity contribution in [2.24, 2.45) is 0 Å². The molecule has 0 saturated carbocycles. The number of aromatic carboxylic acids is 1. The third kappa shape index (κ3) is 4.79. The number of nitrogens with zero attached hydrogens (tertiary/aromatic N) is 1. The van der Waals surface area contributed by atoms with Crippen LogP contribution >= 0.6 is 11.8 Å². The molecule has 2 heterocycles. The van der Waals surface area contributed by atoms with Crippen LogP contribution in [0.1, 0.15) is 27.2 Å². The molecular formula is C25H20N2O6S. The second kappa shape index (κ2) is 9.40. The average Bonchev–Trinajstić information content (AvgIpc) is 3.36. The molecular weight excluding hydrogens is 456 g/mol. The predicted octanol–water partition coefficient (Wildman–Crippen LogP) is 4.94. The lowest BCUT2D eigenvalue weighted by Gasteiger charge is -2.14. The molecule has 34 heavy (non-hydrogen) atoms. The van der Waals surface area contributed by atoms with Crippen molar-refractivity contribution in [2.45, 2.75) is 13.8 Å². The first-order chi connectivity index (χ1) is 16.2. The maximum absolute atomic E-state index is 12.8. The Balaban J connectivity index is 1.49. The topological polar surface area (TPSA) is 117 Å². The highest BCUT2D eigenvalue weighted by Crippen LogP contribution is 2.34. The van der Waals surface area contributed by atoms with E-state index in [1.165, 1.54) is 12.1 Å². The van der Waals surface area contributed by atoms with E-state index in [0.29, 0.717) is 28.8 Å². The number of benzene rings is 2. The highest BCUT2D eigenvalue weighted by Gasteiger charge is 2.36. The van der Waals surface area contributed by atoms with E-state index < -0.39 is 29.6 Å². The number of aryl methyl sites for hydroxylation is 2. The molecule has 9 heteroatoms. The fourth-order valence-corrected chi connectivity index (χ4v) is 4.25. The van der Waals surface area contributed by atoms with E-state index in [-0.39, 0.29) is 16.2 Å². The summed E-state index contributed by atoms with van der Waals surface area (Å²) in [4.78, 5) is 50.1. The van der Waals surface area contributed by atoms with Crippen LogP contribution in [0.25, 0.3) is 17.4 Å². The van der Waals surface area contributed by atoms with Crippen molar-refractivity contribution in [1.29, 1.82) is 0 Å². The number of rotatable bonds is 6. The first-order valence-corrected chi connectivity index (χ1v) is 11.1. The number of nitrogens with one attached hydrogen (secondary N) is 1. The van der Waals surface area contributed by atoms with Crippen LogP contribution in [-0.2, 0) is 9.59 Å². The molecule has 1 aromatic heterocycles. The normalized spacial score (nSPS) is 14.6. The zero-order valence-electron chi connectivity index (χ0n) is 18.3. The third-order valence-electron chi connectivity index (χ3n) is 5.17. The minimum Gasteiger partial charge on any atom is -0.478 e. The maximum Gasteiger partial charge on any atom is 0.336 e. The lowest BCUT2D eigenvalue weighted by molar-refractivity contribution is -0.127. The summed E-state index contributed by atoms with van der Waals surface area (Å²) >= 11 is 0.708. The number of carboxylic acids is 1. The van der Waals surface area contributed by atoms with Gasteiger partial charge in [-0.15, -0.1) is 0 Å². The van der Waals surface area contributed by atoms with Gasteiger partial charge in [-0.2, -0.15) is 0 Å². The van der Waals surface area contributed by atoms with Crippen LogP contribution in [0.3, 0.4) is 0 Å². The summed E-state index contributed by atoms with van der Waals surface area (Å²) in [7, 11) is 0. The summed E-state index contributed by atoms with van der Waals surface area (Å²) in [5.41, 5.74) is 2.94. The molecule has 3 aromatic rings. The number of hydrogen-bond donors (Lipinski definition) is 2. The smallest absolute Gasteiger partial charge is 0.336 e. The molecule has 0 aliphatic carbocycles. The number of furan rings is 1. The molecule has 1 fully saturated rings. The van der Waals surface area contributed by atoms with Gasteiger partial charge in [0.15, 0.2) is 0 Å². The SMILES string of the molecule is Cc1ccc(C)c(NC(=O)CN2C(=O)S/C(=C\c3ccc(-c4ccccc4C(=O)O)o3)C2=O)c1. The molecule has 8 nitrogen and oxygen atoms in total. The van der Waals surface area contributed by atoms with Crippen molar-refractivity contribution in [3.8, 4) is 11.3 Å². The summed E-state index contributed by atoms with van der Waals surface area (Å²) in [5, 5.41) is 11.6. The van der Waals surface area contributed by atoms with Crippen LogP contribution in [0.15, 0.2) is 63.9 Å². The number of carboxylic acid groups (broad SMARTS) is 1. The van der Waals surface area contributed by atoms with Crippen molar-refractivity contribution in [3.05, 3.63) is 82.0 Å². The average molecular weight is 477 g/mol. The highest BCUT2D eigenvalue weighted by molar-refractivity contribution is 8.18. The summed E-state index contributed by atoms with van der Waals surface area (Å²) in [6.45, 7) is 3.34. The first kappa shape index (κ1) is 23.1. The van der Waals surface area contributed by atoms with Gasteiger partial charge in [0.05, 0.1) is 10.5 Å². The summed E-state index contributed by atoms with van der Waals surface area (Å²) in [6.07, 6.45) is 1.40. The molecule has 3 amide bonds. The van der Waals surface area contributed by atoms with E-state index in [0.717, 1.165) is 16.0 Å². The van der Waals surface area contributed by atoms with Crippen molar-refractivity contribution in [3.63, 3.8) is 0 Å². The number of amides is 3. The lowest BCUT2D eigenvalue weighted by atomic mass is 10.1. The molecule has 2 N–H and O–H groups in total. The molecule has 1 saturated heterocycles. The van der Waals surface area contributed by atoms with Crippen molar-refractivity contribution in [1.82, 2.24) is 4.90 Å². The summed E-state index contributed by atoms with van der Waals surface area (Å²) in [6, 6.07) is 15.2. The molecule has 1 aliphatic heterocycles. The Morgan fingerprint density at radius 3 is 2.62 bits per heavy atom. The van der Waals surface area contributed by atoms with Crippen LogP contribution in [0, 0.1) is 13.8 Å². The van der Waals surface area contributed by atoms with Crippen molar-refractivity contribution in [2.75, 3.05) is 11.9 Å². The van der Waals surface area contributed by atoms with Crippen molar-refractivity contribution >= 4 is 46.5 Å². The molecule has 172 valence electrons. The van der Waals surface area contributed by atoms with Gasteiger partial charge in [0.2, 0.25) is 5.91 Å². The zero-order chi connectivity index (χ0) is 24.4. The van der Waals surface area contributed by atoms with E-state index in [1.54, 1.807) is 30.3 Å². The number of carbonyl (C=O) groups excluding carboxylic acids is 3. The first-order valence-electron chi connectivity index (χ1n) is 10.3. The summed E-state index contributed by atoms with van der Waals surface area (Å²) in [5.74, 6) is -1.58. The van der Waals surface area contributed by atoms with Gasteiger partial charge < -0.3 is 14.8 Å². The van der Waals surface area contributed by atoms with Gasteiger partial charge in [-0.3, -0.25) is 19.3 Å². The highest BCUT2D eigenvalue weighted by atomic mass is 32.2. The monoisotopic (exact) mass is 476 g/mol. The van der Waals surface area contributed by atoms with Gasteiger partial charge in [0, 0.05) is 17.3 Å². The second-order valence-corrected chi connectivity index (χ2v) is 8.68. The van der Waals surface area contributed by atoms with E-state index in [9.17, 15) is 24.3 Å². The van der Waals surface area contributed by atoms with Crippen molar-refractivity contribution < 1.29 is 28.7 Å². The largest absolute Gasteiger partial charge is 0.478 e. The molecule has 1 aliphatic rings. The van der Waals surface area contributed by atoms with E-state index in [4.69, 9.17) is 4.42 Å². The Kier molecular flexibility index (Phi) is 6.38. The number of thioether (sulfide) groups is 1. The Morgan fingerprint density at radius 2 is 1.85 bits per heavy atom. The molecule has 0 spiro atoms. The standard InChI is InChI=1S/C25H20N2O6S/c1-14-7-8-15(2)19(11-14)26-22(28)13-27-23(29)21(34-25(27)32)12-16-9-10-20(33-16)17-5-3-4-6-18(17)24(30)31/h3-12H,13H2,1-2H3,(H,26,28)(H,30,31)/b21-12-. The van der Waals surface area contributed by atoms with Crippen LogP contribution in [0.2, 0.25) is 0 Å². The molecule has 0 radical (unpaired) electrons. The maximum atomic E-state index is 12.8. The number of carbonyl (C=O) groups is 4. The van der Waals surface area contributed by atoms with Gasteiger partial charge in [0.1, 0.15) is 18.1 Å². The van der Waals surface area contributed by atoms with Gasteiger partial charge in [-0.1, -0.05) is 30.3 Å². The number of imide groups is 1. The molecule has 2 aromatic carbocycles. The van der Waals surface area contributed by atoms with Gasteiger partial charge in [-0.25, -0.2) is 4.79 Å². The van der Waals surface area contributed by atoms with Crippen LogP contribution in [0.5, 0.6) is 0 Å². The Labute approximate surface area is 199 Å². The minimum absolute atomic E-state index is 0.0820. The molecule has 0 unspecified atom stereocenters. The molecule has 0 bridgehead atoms. The van der Waals surface area contributed by atoms with E-state index in [1.807, 2.05) is 32.0 Å². The van der Waals surface area contributed by atoms with Crippen LogP contribution in [0.4, 0.5) is 10.5 Å². The summed E-state index contributed by atoms with van der Waals surface area (Å²) < 4.78 is 5.71. The lowest BCUT2D eigenvalue weighted by Crippen LogP contribution is -2.36. The fourth-order valence-electron chi connectivity index (χ4n) is 3.43. The van der Waals surface area contributed by atoms with Crippen LogP contribution < -0.4 is 5.32 Å². The van der Waals surface area contributed by atoms with Gasteiger partial charge >= 0.3 is 5.97 Å². The third-order valence-corrected chi connectivity index (χ3v) is 6.07. The zero-order valence-corrected chi connectivity index (χ0v) is 19.1. The Morgan fingerprint density at radius 1 is 1.09 bits per heavy atom. The molecule has 0 atom stereocenters. The van der Waals surface area contributed by atoms with Gasteiger partial charge in [0.25, 0.3) is 11.1 Å². The number of hydrogen-bond acceptors (Lipinski definition) is 6. The minimum atomic E-state index is -1.09. The Hall–Kier alpha value is -4.11. The van der Waals surface area contributed by atoms with E-state index in [2.05, 4.69) is 5.32 Å². The van der Waals surface area contributed by atoms with Crippen LogP contribution in [-0.4, -0.2) is 39.6 Å². The van der Waals surface area contributed by atoms with E-state index >= 15 is 0 Å².